The molecule has 1 aromatic heterocycles. The fourth-order valence-corrected chi connectivity index (χ4v) is 2.29. The predicted octanol–water partition coefficient (Wildman–Crippen LogP) is 1.12. The van der Waals surface area contributed by atoms with Gasteiger partial charge >= 0.3 is 21.5 Å². The molecule has 0 fully saturated rings. The van der Waals surface area contributed by atoms with Gasteiger partial charge in [0.1, 0.15) is 0 Å². The number of carbonyl (C=O) groups is 1. The molecule has 11 heteroatoms. The summed E-state index contributed by atoms with van der Waals surface area (Å²) in [7, 11) is -4.35. The van der Waals surface area contributed by atoms with Crippen molar-refractivity contribution in [2.24, 2.45) is 0 Å². The van der Waals surface area contributed by atoms with Crippen molar-refractivity contribution >= 4 is 32.5 Å². The largest absolute Gasteiger partial charge is 0.516 e. The predicted molar refractivity (Wildman–Crippen MR) is 56.4 cm³/mol. The topological polar surface area (TPSA) is 85.4 Å². The summed E-state index contributed by atoms with van der Waals surface area (Å²) in [6, 6.07) is 0. The van der Waals surface area contributed by atoms with Crippen LogP contribution in [0.1, 0.15) is 5.69 Å². The first-order valence-corrected chi connectivity index (χ1v) is 6.62. The second kappa shape index (κ2) is 5.10. The lowest BCUT2D eigenvalue weighted by Gasteiger charge is -2.07. The minimum atomic E-state index is -5.49. The van der Waals surface area contributed by atoms with Crippen LogP contribution in [0.25, 0.3) is 0 Å². The van der Waals surface area contributed by atoms with Gasteiger partial charge in [0.05, 0.1) is 19.2 Å². The average Bonchev–Trinajstić information content (AvgIpc) is 2.62. The fourth-order valence-electron chi connectivity index (χ4n) is 0.828. The Bertz CT molecular complexity index is 537. The van der Waals surface area contributed by atoms with E-state index in [9.17, 15) is 26.4 Å². The minimum absolute atomic E-state index is 0.117. The quantitative estimate of drug-likeness (QED) is 0.843. The van der Waals surface area contributed by atoms with E-state index in [0.29, 0.717) is 11.3 Å². The molecule has 102 valence electrons. The van der Waals surface area contributed by atoms with Crippen molar-refractivity contribution in [3.8, 4) is 0 Å². The van der Waals surface area contributed by atoms with Crippen LogP contribution in [-0.4, -0.2) is 32.0 Å². The number of hydrogen-bond donors (Lipinski definition) is 1. The summed E-state index contributed by atoms with van der Waals surface area (Å²) in [6.07, 6.45) is -0.249. The van der Waals surface area contributed by atoms with E-state index in [1.54, 1.807) is 0 Å². The van der Waals surface area contributed by atoms with Crippen LogP contribution in [0.2, 0.25) is 0 Å². The van der Waals surface area contributed by atoms with Gasteiger partial charge in [-0.05, 0) is 0 Å². The van der Waals surface area contributed by atoms with Gasteiger partial charge in [-0.15, -0.1) is 11.3 Å². The van der Waals surface area contributed by atoms with Crippen LogP contribution in [-0.2, 0) is 26.0 Å². The molecule has 0 radical (unpaired) electrons. The van der Waals surface area contributed by atoms with E-state index >= 15 is 0 Å². The van der Waals surface area contributed by atoms with E-state index in [4.69, 9.17) is 0 Å². The van der Waals surface area contributed by atoms with Gasteiger partial charge in [-0.25, -0.2) is 4.98 Å². The number of aromatic nitrogens is 1. The van der Waals surface area contributed by atoms with Crippen molar-refractivity contribution < 1.29 is 31.1 Å². The number of methoxy groups -OCH3 is 1. The molecule has 0 spiro atoms. The molecule has 0 unspecified atom stereocenters. The third kappa shape index (κ3) is 3.57. The Morgan fingerprint density at radius 2 is 2.17 bits per heavy atom. The zero-order valence-electron chi connectivity index (χ0n) is 8.82. The minimum Gasteiger partial charge on any atom is -0.469 e. The molecule has 18 heavy (non-hydrogen) atoms. The van der Waals surface area contributed by atoms with Gasteiger partial charge in [0, 0.05) is 5.38 Å². The van der Waals surface area contributed by atoms with Crippen molar-refractivity contribution in [2.75, 3.05) is 11.8 Å². The molecule has 0 amide bonds. The van der Waals surface area contributed by atoms with Crippen molar-refractivity contribution in [1.82, 2.24) is 4.98 Å². The van der Waals surface area contributed by atoms with Crippen LogP contribution in [0, 0.1) is 0 Å². The van der Waals surface area contributed by atoms with Crippen LogP contribution in [0.3, 0.4) is 0 Å². The van der Waals surface area contributed by atoms with E-state index in [1.165, 1.54) is 10.1 Å². The molecule has 0 saturated carbocycles. The Balaban J connectivity index is 2.80. The number of thiazole rings is 1. The number of hydrogen-bond acceptors (Lipinski definition) is 6. The molecule has 0 aromatic carbocycles. The second-order valence-corrected chi connectivity index (χ2v) is 5.48. The van der Waals surface area contributed by atoms with Crippen LogP contribution in [0.15, 0.2) is 5.38 Å². The lowest BCUT2D eigenvalue weighted by atomic mass is 10.3. The Hall–Kier alpha value is -1.36. The summed E-state index contributed by atoms with van der Waals surface area (Å²) in [5.74, 6) is -0.634. The smallest absolute Gasteiger partial charge is 0.469 e. The molecule has 0 saturated heterocycles. The van der Waals surface area contributed by atoms with E-state index in [0.717, 1.165) is 7.11 Å². The molecule has 1 rings (SSSR count). The Morgan fingerprint density at radius 3 is 2.67 bits per heavy atom. The maximum absolute atomic E-state index is 12.0. The lowest BCUT2D eigenvalue weighted by molar-refractivity contribution is -0.139. The van der Waals surface area contributed by atoms with Crippen molar-refractivity contribution in [1.29, 1.82) is 0 Å². The molecular formula is C7H7F3N2O4S2. The van der Waals surface area contributed by atoms with E-state index < -0.39 is 26.6 Å². The third-order valence-electron chi connectivity index (χ3n) is 1.63. The van der Waals surface area contributed by atoms with Crippen LogP contribution < -0.4 is 4.72 Å². The van der Waals surface area contributed by atoms with E-state index in [2.05, 4.69) is 9.72 Å². The van der Waals surface area contributed by atoms with Crippen molar-refractivity contribution in [2.45, 2.75) is 11.9 Å². The molecule has 1 N–H and O–H groups in total. The monoisotopic (exact) mass is 304 g/mol. The maximum Gasteiger partial charge on any atom is 0.516 e. The fraction of sp³-hybridized carbons (Fsp3) is 0.429. The second-order valence-electron chi connectivity index (χ2n) is 2.95. The van der Waals surface area contributed by atoms with E-state index in [1.807, 2.05) is 0 Å². The summed E-state index contributed by atoms with van der Waals surface area (Å²) in [6.45, 7) is 0. The normalized spacial score (nSPS) is 12.2. The molecule has 0 aliphatic carbocycles. The third-order valence-corrected chi connectivity index (χ3v) is 3.64. The van der Waals surface area contributed by atoms with Gasteiger partial charge in [0.25, 0.3) is 0 Å². The summed E-state index contributed by atoms with van der Waals surface area (Å²) < 4.78 is 63.2. The van der Waals surface area contributed by atoms with Crippen LogP contribution >= 0.6 is 11.3 Å². The van der Waals surface area contributed by atoms with Gasteiger partial charge in [-0.2, -0.15) is 21.6 Å². The standard InChI is InChI=1S/C7H7F3N2O4S2/c1-16-5(13)2-4-3-17-6(11-4)12-18(14,15)7(8,9)10/h3H,2H2,1H3,(H,11,12). The van der Waals surface area contributed by atoms with Gasteiger partial charge in [-0.3, -0.25) is 9.52 Å². The first kappa shape index (κ1) is 14.7. The van der Waals surface area contributed by atoms with Gasteiger partial charge in [0.15, 0.2) is 5.13 Å². The van der Waals surface area contributed by atoms with Crippen molar-refractivity contribution in [3.05, 3.63) is 11.1 Å². The first-order valence-electron chi connectivity index (χ1n) is 4.26. The SMILES string of the molecule is COC(=O)Cc1csc(NS(=O)(=O)C(F)(F)F)n1. The van der Waals surface area contributed by atoms with Crippen LogP contribution in [0.5, 0.6) is 0 Å². The molecule has 1 heterocycles. The Morgan fingerprint density at radius 1 is 1.56 bits per heavy atom. The summed E-state index contributed by atoms with van der Waals surface area (Å²) in [5.41, 5.74) is -5.30. The summed E-state index contributed by atoms with van der Waals surface area (Å²) in [5, 5.41) is 0.789. The maximum atomic E-state index is 12.0. The lowest BCUT2D eigenvalue weighted by Crippen LogP contribution is -2.29. The average molecular weight is 304 g/mol. The Kier molecular flexibility index (Phi) is 4.16. The number of carbonyl (C=O) groups excluding carboxylic acids is 1. The number of esters is 1. The zero-order valence-corrected chi connectivity index (χ0v) is 10.4. The number of rotatable bonds is 4. The number of ether oxygens (including phenoxy) is 1. The van der Waals surface area contributed by atoms with E-state index in [-0.39, 0.29) is 12.1 Å². The number of nitrogens with one attached hydrogen (secondary N) is 1. The Labute approximate surface area is 104 Å². The number of halogens is 3. The van der Waals surface area contributed by atoms with Gasteiger partial charge in [0.2, 0.25) is 0 Å². The molecular weight excluding hydrogens is 297 g/mol. The summed E-state index contributed by atoms with van der Waals surface area (Å²) in [4.78, 5) is 14.4. The summed E-state index contributed by atoms with van der Waals surface area (Å²) >= 11 is 0.636. The van der Waals surface area contributed by atoms with Gasteiger partial charge < -0.3 is 4.74 Å². The highest BCUT2D eigenvalue weighted by atomic mass is 32.2. The van der Waals surface area contributed by atoms with Crippen molar-refractivity contribution in [3.63, 3.8) is 0 Å². The zero-order chi connectivity index (χ0) is 14.0. The molecule has 6 nitrogen and oxygen atoms in total. The highest BCUT2D eigenvalue weighted by molar-refractivity contribution is 7.93. The first-order chi connectivity index (χ1) is 8.15. The highest BCUT2D eigenvalue weighted by Gasteiger charge is 2.46. The van der Waals surface area contributed by atoms with Gasteiger partial charge in [-0.1, -0.05) is 0 Å². The molecule has 0 aliphatic rings. The molecule has 1 aromatic rings. The highest BCUT2D eigenvalue weighted by Crippen LogP contribution is 2.26. The molecule has 0 aliphatic heterocycles. The van der Waals surface area contributed by atoms with Crippen LogP contribution in [0.4, 0.5) is 18.3 Å². The number of sulfonamides is 1. The molecule has 0 bridgehead atoms. The number of nitrogens with zero attached hydrogens (tertiary/aromatic N) is 1. The molecule has 0 atom stereocenters. The number of anilines is 1. The number of alkyl halides is 3.